The van der Waals surface area contributed by atoms with E-state index in [1.807, 2.05) is 32.0 Å². The zero-order chi connectivity index (χ0) is 17.7. The van der Waals surface area contributed by atoms with E-state index in [0.29, 0.717) is 5.75 Å². The van der Waals surface area contributed by atoms with Gasteiger partial charge < -0.3 is 10.1 Å². The number of amides is 1. The predicted octanol–water partition coefficient (Wildman–Crippen LogP) is 1.97. The second kappa shape index (κ2) is 7.78. The molecule has 8 heteroatoms. The van der Waals surface area contributed by atoms with E-state index in [1.165, 1.54) is 13.1 Å². The quantitative estimate of drug-likeness (QED) is 0.782. The molecule has 0 aliphatic heterocycles. The third-order valence-corrected chi connectivity index (χ3v) is 6.31. The monoisotopic (exact) mass is 368 g/mol. The van der Waals surface area contributed by atoms with Crippen LogP contribution < -0.4 is 14.8 Å². The minimum Gasteiger partial charge on any atom is -0.484 e. The van der Waals surface area contributed by atoms with Crippen LogP contribution in [0.15, 0.2) is 34.5 Å². The van der Waals surface area contributed by atoms with Crippen LogP contribution in [0.1, 0.15) is 16.0 Å². The molecule has 0 aliphatic carbocycles. The van der Waals surface area contributed by atoms with Gasteiger partial charge in [-0.2, -0.15) is 0 Å². The van der Waals surface area contributed by atoms with Crippen LogP contribution in [0.4, 0.5) is 0 Å². The molecule has 24 heavy (non-hydrogen) atoms. The molecule has 0 saturated carbocycles. The number of hydrogen-bond acceptors (Lipinski definition) is 5. The van der Waals surface area contributed by atoms with Crippen molar-refractivity contribution >= 4 is 27.3 Å². The van der Waals surface area contributed by atoms with Crippen LogP contribution in [0.2, 0.25) is 0 Å². The van der Waals surface area contributed by atoms with Gasteiger partial charge in [-0.05, 0) is 44.7 Å². The molecule has 0 fully saturated rings. The lowest BCUT2D eigenvalue weighted by molar-refractivity contribution is -0.123. The van der Waals surface area contributed by atoms with Gasteiger partial charge in [-0.3, -0.25) is 4.79 Å². The fourth-order valence-electron chi connectivity index (χ4n) is 2.04. The molecule has 130 valence electrons. The Bertz CT molecular complexity index is 828. The molecule has 6 nitrogen and oxygen atoms in total. The molecule has 1 amide bonds. The summed E-state index contributed by atoms with van der Waals surface area (Å²) in [6, 6.07) is 8.95. The van der Waals surface area contributed by atoms with Crippen molar-refractivity contribution < 1.29 is 17.9 Å². The summed E-state index contributed by atoms with van der Waals surface area (Å²) >= 11 is 1.12. The Kier molecular flexibility index (Phi) is 5.98. The number of nitrogens with one attached hydrogen (secondary N) is 2. The number of aryl methyl sites for hydroxylation is 2. The van der Waals surface area contributed by atoms with Gasteiger partial charge in [-0.15, -0.1) is 11.3 Å². The lowest BCUT2D eigenvalue weighted by Crippen LogP contribution is -2.28. The SMILES string of the molecule is CNS(=O)(=O)c1ccc(CNC(=O)COc2ccc(C)cc2C)s1. The number of thiophene rings is 1. The highest BCUT2D eigenvalue weighted by Gasteiger charge is 2.14. The standard InChI is InChI=1S/C16H20N2O4S2/c1-11-4-6-14(12(2)8-11)22-10-15(19)18-9-13-5-7-16(23-13)24(20,21)17-3/h4-8,17H,9-10H2,1-3H3,(H,18,19). The first-order valence-corrected chi connectivity index (χ1v) is 9.61. The molecule has 0 spiro atoms. The van der Waals surface area contributed by atoms with E-state index in [1.54, 1.807) is 6.07 Å². The number of carbonyl (C=O) groups is 1. The minimum absolute atomic E-state index is 0.0864. The molecule has 0 bridgehead atoms. The zero-order valence-corrected chi connectivity index (χ0v) is 15.4. The number of hydrogen-bond donors (Lipinski definition) is 2. The zero-order valence-electron chi connectivity index (χ0n) is 13.8. The van der Waals surface area contributed by atoms with Gasteiger partial charge in [0.25, 0.3) is 5.91 Å². The van der Waals surface area contributed by atoms with E-state index in [-0.39, 0.29) is 23.3 Å². The number of sulfonamides is 1. The molecule has 1 aromatic heterocycles. The minimum atomic E-state index is -3.44. The van der Waals surface area contributed by atoms with Crippen molar-refractivity contribution in [1.82, 2.24) is 10.0 Å². The van der Waals surface area contributed by atoms with E-state index >= 15 is 0 Å². The Hall–Kier alpha value is -1.90. The maximum absolute atomic E-state index is 11.9. The molecule has 0 radical (unpaired) electrons. The molecule has 2 rings (SSSR count). The number of ether oxygens (including phenoxy) is 1. The summed E-state index contributed by atoms with van der Waals surface area (Å²) in [5.74, 6) is 0.413. The number of rotatable bonds is 7. The maximum atomic E-state index is 11.9. The highest BCUT2D eigenvalue weighted by molar-refractivity contribution is 7.91. The van der Waals surface area contributed by atoms with Crippen LogP contribution in [0, 0.1) is 13.8 Å². The van der Waals surface area contributed by atoms with Crippen LogP contribution in [0.3, 0.4) is 0 Å². The van der Waals surface area contributed by atoms with Crippen LogP contribution in [0.5, 0.6) is 5.75 Å². The topological polar surface area (TPSA) is 84.5 Å². The van der Waals surface area contributed by atoms with Crippen molar-refractivity contribution in [2.24, 2.45) is 0 Å². The molecule has 2 N–H and O–H groups in total. The van der Waals surface area contributed by atoms with E-state index < -0.39 is 10.0 Å². The molecule has 0 saturated heterocycles. The molecule has 1 heterocycles. The maximum Gasteiger partial charge on any atom is 0.258 e. The summed E-state index contributed by atoms with van der Waals surface area (Å²) in [6.45, 7) is 4.10. The Morgan fingerprint density at radius 2 is 1.96 bits per heavy atom. The van der Waals surface area contributed by atoms with Crippen LogP contribution in [-0.4, -0.2) is 28.0 Å². The van der Waals surface area contributed by atoms with Crippen LogP contribution in [0.25, 0.3) is 0 Å². The van der Waals surface area contributed by atoms with Crippen molar-refractivity contribution in [1.29, 1.82) is 0 Å². The van der Waals surface area contributed by atoms with Crippen molar-refractivity contribution in [3.05, 3.63) is 46.3 Å². The third-order valence-electron chi connectivity index (χ3n) is 3.32. The molecule has 2 aromatic rings. The summed E-state index contributed by atoms with van der Waals surface area (Å²) in [5.41, 5.74) is 2.11. The Morgan fingerprint density at radius 3 is 2.62 bits per heavy atom. The fourth-order valence-corrected chi connectivity index (χ4v) is 4.17. The van der Waals surface area contributed by atoms with Gasteiger partial charge in [0.15, 0.2) is 6.61 Å². The van der Waals surface area contributed by atoms with Gasteiger partial charge >= 0.3 is 0 Å². The van der Waals surface area contributed by atoms with E-state index in [4.69, 9.17) is 4.74 Å². The van der Waals surface area contributed by atoms with Gasteiger partial charge in [-0.1, -0.05) is 17.7 Å². The van der Waals surface area contributed by atoms with Crippen molar-refractivity contribution in [3.8, 4) is 5.75 Å². The van der Waals surface area contributed by atoms with Gasteiger partial charge in [-0.25, -0.2) is 13.1 Å². The Morgan fingerprint density at radius 1 is 1.21 bits per heavy atom. The highest BCUT2D eigenvalue weighted by Crippen LogP contribution is 2.21. The predicted molar refractivity (Wildman–Crippen MR) is 93.8 cm³/mol. The fraction of sp³-hybridized carbons (Fsp3) is 0.312. The normalized spacial score (nSPS) is 11.3. The molecule has 0 unspecified atom stereocenters. The lowest BCUT2D eigenvalue weighted by atomic mass is 10.1. The van der Waals surface area contributed by atoms with Gasteiger partial charge in [0, 0.05) is 4.88 Å². The summed E-state index contributed by atoms with van der Waals surface area (Å²) in [7, 11) is -2.08. The second-order valence-corrected chi connectivity index (χ2v) is 8.54. The summed E-state index contributed by atoms with van der Waals surface area (Å²) in [6.07, 6.45) is 0. The molecular formula is C16H20N2O4S2. The van der Waals surface area contributed by atoms with Gasteiger partial charge in [0.2, 0.25) is 10.0 Å². The molecule has 0 atom stereocenters. The van der Waals surface area contributed by atoms with Crippen molar-refractivity contribution in [3.63, 3.8) is 0 Å². The van der Waals surface area contributed by atoms with Crippen molar-refractivity contribution in [2.45, 2.75) is 24.6 Å². The average molecular weight is 368 g/mol. The van der Waals surface area contributed by atoms with Gasteiger partial charge in [0.05, 0.1) is 6.54 Å². The molecule has 1 aromatic carbocycles. The molecule has 0 aliphatic rings. The summed E-state index contributed by atoms with van der Waals surface area (Å²) < 4.78 is 31.3. The van der Waals surface area contributed by atoms with Gasteiger partial charge in [0.1, 0.15) is 9.96 Å². The van der Waals surface area contributed by atoms with Crippen molar-refractivity contribution in [2.75, 3.05) is 13.7 Å². The summed E-state index contributed by atoms with van der Waals surface area (Å²) in [5, 5.41) is 2.71. The summed E-state index contributed by atoms with van der Waals surface area (Å²) in [4.78, 5) is 12.6. The third kappa shape index (κ3) is 4.80. The first kappa shape index (κ1) is 18.4. The first-order chi connectivity index (χ1) is 11.3. The Labute approximate surface area is 145 Å². The average Bonchev–Trinajstić information content (AvgIpc) is 3.02. The second-order valence-electron chi connectivity index (χ2n) is 5.26. The smallest absolute Gasteiger partial charge is 0.258 e. The van der Waals surface area contributed by atoms with Crippen LogP contribution >= 0.6 is 11.3 Å². The number of carbonyl (C=O) groups excluding carboxylic acids is 1. The molecular weight excluding hydrogens is 348 g/mol. The Balaban J connectivity index is 1.85. The van der Waals surface area contributed by atoms with E-state index in [0.717, 1.165) is 27.3 Å². The van der Waals surface area contributed by atoms with E-state index in [9.17, 15) is 13.2 Å². The van der Waals surface area contributed by atoms with Crippen LogP contribution in [-0.2, 0) is 21.4 Å². The lowest BCUT2D eigenvalue weighted by Gasteiger charge is -2.09. The highest BCUT2D eigenvalue weighted by atomic mass is 32.2. The largest absolute Gasteiger partial charge is 0.484 e. The number of benzene rings is 1. The first-order valence-electron chi connectivity index (χ1n) is 7.31. The van der Waals surface area contributed by atoms with E-state index in [2.05, 4.69) is 10.0 Å².